The van der Waals surface area contributed by atoms with Gasteiger partial charge in [-0.05, 0) is 30.2 Å². The van der Waals surface area contributed by atoms with Crippen LogP contribution in [0.1, 0.15) is 11.1 Å². The predicted octanol–water partition coefficient (Wildman–Crippen LogP) is 2.50. The maximum atomic E-state index is 12.2. The van der Waals surface area contributed by atoms with E-state index in [1.165, 1.54) is 11.6 Å². The molecular weight excluding hydrogens is 396 g/mol. The molecule has 0 saturated carbocycles. The molecule has 4 rings (SSSR count). The molecule has 31 heavy (non-hydrogen) atoms. The molecule has 0 unspecified atom stereocenters. The van der Waals surface area contributed by atoms with Crippen LogP contribution < -0.4 is 15.7 Å². The smallest absolute Gasteiger partial charge is 0.336 e. The van der Waals surface area contributed by atoms with Gasteiger partial charge in [0.15, 0.2) is 6.61 Å². The summed E-state index contributed by atoms with van der Waals surface area (Å²) < 4.78 is 16.6. The molecule has 1 atom stereocenters. The van der Waals surface area contributed by atoms with Gasteiger partial charge in [0.25, 0.3) is 5.91 Å². The van der Waals surface area contributed by atoms with Crippen LogP contribution in [-0.2, 0) is 16.1 Å². The van der Waals surface area contributed by atoms with Crippen molar-refractivity contribution in [1.29, 1.82) is 0 Å². The van der Waals surface area contributed by atoms with Gasteiger partial charge in [-0.3, -0.25) is 9.69 Å². The Labute approximate surface area is 180 Å². The second-order valence-corrected chi connectivity index (χ2v) is 7.71. The summed E-state index contributed by atoms with van der Waals surface area (Å²) in [6.07, 6.45) is -0.0562. The van der Waals surface area contributed by atoms with E-state index in [4.69, 9.17) is 13.9 Å². The Bertz CT molecular complexity index is 1100. The summed E-state index contributed by atoms with van der Waals surface area (Å²) in [5.41, 5.74) is 2.14. The van der Waals surface area contributed by atoms with Crippen molar-refractivity contribution < 1.29 is 18.7 Å². The summed E-state index contributed by atoms with van der Waals surface area (Å²) in [5.74, 6) is 0.244. The first-order valence-corrected chi connectivity index (χ1v) is 10.4. The Hall–Kier alpha value is -3.16. The van der Waals surface area contributed by atoms with Crippen LogP contribution in [0.15, 0.2) is 63.8 Å². The zero-order valence-electron chi connectivity index (χ0n) is 17.5. The van der Waals surface area contributed by atoms with Crippen molar-refractivity contribution in [3.8, 4) is 5.75 Å². The van der Waals surface area contributed by atoms with Crippen LogP contribution in [0.2, 0.25) is 0 Å². The minimum atomic E-state index is -0.409. The normalized spacial score (nSPS) is 16.9. The lowest BCUT2D eigenvalue weighted by atomic mass is 10.1. The second-order valence-electron chi connectivity index (χ2n) is 7.71. The van der Waals surface area contributed by atoms with E-state index in [1.54, 1.807) is 12.1 Å². The van der Waals surface area contributed by atoms with Gasteiger partial charge in [-0.15, -0.1) is 0 Å². The van der Waals surface area contributed by atoms with Crippen LogP contribution in [0, 0.1) is 6.92 Å². The largest absolute Gasteiger partial charge is 0.484 e. The zero-order chi connectivity index (χ0) is 21.6. The van der Waals surface area contributed by atoms with E-state index in [2.05, 4.69) is 22.3 Å². The summed E-state index contributed by atoms with van der Waals surface area (Å²) in [7, 11) is 0. The van der Waals surface area contributed by atoms with Crippen LogP contribution in [0.4, 0.5) is 0 Å². The predicted molar refractivity (Wildman–Crippen MR) is 117 cm³/mol. The molecule has 2 heterocycles. The third kappa shape index (κ3) is 5.71. The number of benzene rings is 2. The van der Waals surface area contributed by atoms with Crippen molar-refractivity contribution in [2.24, 2.45) is 0 Å². The third-order valence-corrected chi connectivity index (χ3v) is 5.29. The molecule has 0 spiro atoms. The number of rotatable bonds is 7. The average Bonchev–Trinajstić information content (AvgIpc) is 2.77. The number of carbonyl (C=O) groups excluding carboxylic acids is 1. The lowest BCUT2D eigenvalue weighted by molar-refractivity contribution is -0.124. The van der Waals surface area contributed by atoms with E-state index in [0.29, 0.717) is 24.5 Å². The number of carbonyl (C=O) groups is 1. The molecule has 1 aliphatic rings. The highest BCUT2D eigenvalue weighted by Gasteiger charge is 2.21. The lowest BCUT2D eigenvalue weighted by Crippen LogP contribution is -2.47. The van der Waals surface area contributed by atoms with Crippen molar-refractivity contribution >= 4 is 16.9 Å². The van der Waals surface area contributed by atoms with Gasteiger partial charge in [0.1, 0.15) is 11.3 Å². The number of nitrogens with one attached hydrogen (secondary N) is 1. The number of fused-ring (bicyclic) bond motifs is 1. The molecule has 1 fully saturated rings. The first-order valence-electron chi connectivity index (χ1n) is 10.4. The Balaban J connectivity index is 1.24. The van der Waals surface area contributed by atoms with E-state index >= 15 is 0 Å². The molecule has 0 bridgehead atoms. The standard InChI is InChI=1S/C24H26N2O5/c1-17-11-24(28)31-22-12-19(7-8-21(17)22)30-16-23(27)25-13-20-15-26(9-10-29-20)14-18-5-3-2-4-6-18/h2-8,11-12,20H,9-10,13-16H2,1H3,(H,25,27)/t20-/m0/s1. The Morgan fingerprint density at radius 3 is 2.87 bits per heavy atom. The van der Waals surface area contributed by atoms with Crippen molar-refractivity contribution in [2.45, 2.75) is 19.6 Å². The van der Waals surface area contributed by atoms with Crippen LogP contribution in [0.3, 0.4) is 0 Å². The summed E-state index contributed by atoms with van der Waals surface area (Å²) in [5, 5.41) is 3.71. The highest BCUT2D eigenvalue weighted by molar-refractivity contribution is 5.81. The second kappa shape index (κ2) is 9.76. The third-order valence-electron chi connectivity index (χ3n) is 5.29. The fraction of sp³-hybridized carbons (Fsp3) is 0.333. The van der Waals surface area contributed by atoms with E-state index < -0.39 is 5.63 Å². The van der Waals surface area contributed by atoms with E-state index in [0.717, 1.165) is 30.6 Å². The number of amides is 1. The van der Waals surface area contributed by atoms with Crippen molar-refractivity contribution in [2.75, 3.05) is 32.8 Å². The van der Waals surface area contributed by atoms with E-state index in [1.807, 2.05) is 31.2 Å². The SMILES string of the molecule is Cc1cc(=O)oc2cc(OCC(=O)NC[C@H]3CN(Cc4ccccc4)CCO3)ccc12. The summed E-state index contributed by atoms with van der Waals surface area (Å²) in [6, 6.07) is 17.0. The first-order chi connectivity index (χ1) is 15.1. The molecule has 3 aromatic rings. The van der Waals surface area contributed by atoms with Crippen molar-refractivity contribution in [1.82, 2.24) is 10.2 Å². The van der Waals surface area contributed by atoms with Crippen molar-refractivity contribution in [3.63, 3.8) is 0 Å². The highest BCUT2D eigenvalue weighted by Crippen LogP contribution is 2.22. The fourth-order valence-corrected chi connectivity index (χ4v) is 3.71. The maximum absolute atomic E-state index is 12.2. The summed E-state index contributed by atoms with van der Waals surface area (Å²) >= 11 is 0. The minimum Gasteiger partial charge on any atom is -0.484 e. The molecule has 0 aliphatic carbocycles. The summed E-state index contributed by atoms with van der Waals surface area (Å²) in [4.78, 5) is 26.1. The van der Waals surface area contributed by atoms with Gasteiger partial charge in [0, 0.05) is 43.7 Å². The maximum Gasteiger partial charge on any atom is 0.336 e. The van der Waals surface area contributed by atoms with Crippen LogP contribution in [-0.4, -0.2) is 49.8 Å². The number of nitrogens with zero attached hydrogens (tertiary/aromatic N) is 1. The molecule has 2 aromatic carbocycles. The number of aryl methyl sites for hydroxylation is 1. The Morgan fingerprint density at radius 1 is 1.19 bits per heavy atom. The van der Waals surface area contributed by atoms with Gasteiger partial charge in [0.2, 0.25) is 0 Å². The fourth-order valence-electron chi connectivity index (χ4n) is 3.71. The van der Waals surface area contributed by atoms with Gasteiger partial charge >= 0.3 is 5.63 Å². The van der Waals surface area contributed by atoms with Crippen LogP contribution in [0.5, 0.6) is 5.75 Å². The highest BCUT2D eigenvalue weighted by atomic mass is 16.5. The van der Waals surface area contributed by atoms with Gasteiger partial charge in [-0.2, -0.15) is 0 Å². The topological polar surface area (TPSA) is 81.0 Å². The van der Waals surface area contributed by atoms with Gasteiger partial charge in [-0.1, -0.05) is 30.3 Å². The molecule has 7 heteroatoms. The summed E-state index contributed by atoms with van der Waals surface area (Å²) in [6.45, 7) is 5.31. The molecule has 0 radical (unpaired) electrons. The van der Waals surface area contributed by atoms with Crippen LogP contribution in [0.25, 0.3) is 11.0 Å². The minimum absolute atomic E-state index is 0.0562. The van der Waals surface area contributed by atoms with E-state index in [-0.39, 0.29) is 18.6 Å². The molecule has 7 nitrogen and oxygen atoms in total. The molecule has 162 valence electrons. The lowest BCUT2D eigenvalue weighted by Gasteiger charge is -2.33. The number of hydrogen-bond acceptors (Lipinski definition) is 6. The van der Waals surface area contributed by atoms with E-state index in [9.17, 15) is 9.59 Å². The number of ether oxygens (including phenoxy) is 2. The van der Waals surface area contributed by atoms with Gasteiger partial charge in [-0.25, -0.2) is 4.79 Å². The monoisotopic (exact) mass is 422 g/mol. The molecule has 1 amide bonds. The van der Waals surface area contributed by atoms with Gasteiger partial charge < -0.3 is 19.2 Å². The molecular formula is C24H26N2O5. The molecule has 1 N–H and O–H groups in total. The number of hydrogen-bond donors (Lipinski definition) is 1. The molecule has 1 saturated heterocycles. The average molecular weight is 422 g/mol. The quantitative estimate of drug-likeness (QED) is 0.590. The Morgan fingerprint density at radius 2 is 2.03 bits per heavy atom. The Kier molecular flexibility index (Phi) is 6.64. The van der Waals surface area contributed by atoms with Crippen molar-refractivity contribution in [3.05, 3.63) is 76.1 Å². The molecule has 1 aliphatic heterocycles. The molecule has 1 aromatic heterocycles. The van der Waals surface area contributed by atoms with Gasteiger partial charge in [0.05, 0.1) is 12.7 Å². The first kappa shape index (κ1) is 21.1. The number of morpholine rings is 1. The zero-order valence-corrected chi connectivity index (χ0v) is 17.5. The van der Waals surface area contributed by atoms with Crippen LogP contribution >= 0.6 is 0 Å².